The molecule has 0 saturated carbocycles. The van der Waals surface area contributed by atoms with Crippen LogP contribution in [0.25, 0.3) is 10.2 Å². The summed E-state index contributed by atoms with van der Waals surface area (Å²) in [6, 6.07) is 7.95. The Balaban J connectivity index is 1.55. The number of carbonyl (C=O) groups is 1. The Morgan fingerprint density at radius 2 is 2.20 bits per heavy atom. The zero-order valence-corrected chi connectivity index (χ0v) is 15.9. The number of hydrogen-bond acceptors (Lipinski definition) is 6. The molecule has 2 heterocycles. The molecule has 3 rings (SSSR count). The number of aromatic nitrogens is 3. The van der Waals surface area contributed by atoms with Gasteiger partial charge in [0.15, 0.2) is 4.34 Å². The predicted molar refractivity (Wildman–Crippen MR) is 103 cm³/mol. The molecule has 0 fully saturated rings. The molecule has 2 aromatic heterocycles. The van der Waals surface area contributed by atoms with Crippen molar-refractivity contribution in [2.45, 2.75) is 31.7 Å². The van der Waals surface area contributed by atoms with Crippen molar-refractivity contribution < 1.29 is 4.79 Å². The van der Waals surface area contributed by atoms with Gasteiger partial charge in [-0.2, -0.15) is 10.2 Å². The van der Waals surface area contributed by atoms with Crippen molar-refractivity contribution in [2.24, 2.45) is 5.10 Å². The van der Waals surface area contributed by atoms with Crippen LogP contribution in [0.1, 0.15) is 23.9 Å². The Bertz CT molecular complexity index is 895. The third-order valence-electron chi connectivity index (χ3n) is 3.72. The van der Waals surface area contributed by atoms with Gasteiger partial charge in [-0.25, -0.2) is 10.4 Å². The minimum Gasteiger partial charge on any atom is -0.272 e. The summed E-state index contributed by atoms with van der Waals surface area (Å²) in [6.07, 6.45) is 1.66. The molecule has 0 bridgehead atoms. The van der Waals surface area contributed by atoms with Crippen molar-refractivity contribution in [2.75, 3.05) is 5.75 Å². The molecule has 1 amide bonds. The van der Waals surface area contributed by atoms with E-state index < -0.39 is 0 Å². The standard InChI is InChI=1S/C17H19N5OS2/c1-4-22-12(3)13(11(2)21-22)9-18-20-16(23)10-24-17-19-14-7-5-6-8-15(14)25-17/h5-9H,4,10H2,1-3H3,(H,20,23)/b18-9+. The Hall–Kier alpha value is -2.19. The van der Waals surface area contributed by atoms with Crippen LogP contribution in [0.3, 0.4) is 0 Å². The van der Waals surface area contributed by atoms with Gasteiger partial charge in [0, 0.05) is 17.8 Å². The number of benzene rings is 1. The van der Waals surface area contributed by atoms with Crippen LogP contribution >= 0.6 is 23.1 Å². The van der Waals surface area contributed by atoms with E-state index in [1.807, 2.05) is 49.7 Å². The van der Waals surface area contributed by atoms with Crippen LogP contribution in [0.2, 0.25) is 0 Å². The Morgan fingerprint density at radius 1 is 1.40 bits per heavy atom. The number of hydrazone groups is 1. The minimum absolute atomic E-state index is 0.154. The molecule has 25 heavy (non-hydrogen) atoms. The first-order chi connectivity index (χ1) is 12.1. The first-order valence-corrected chi connectivity index (χ1v) is 9.73. The summed E-state index contributed by atoms with van der Waals surface area (Å²) in [5.74, 6) is 0.127. The molecule has 0 unspecified atom stereocenters. The van der Waals surface area contributed by atoms with Crippen molar-refractivity contribution in [1.82, 2.24) is 20.2 Å². The van der Waals surface area contributed by atoms with Crippen LogP contribution in [-0.4, -0.2) is 32.6 Å². The van der Waals surface area contributed by atoms with Crippen molar-refractivity contribution in [3.05, 3.63) is 41.2 Å². The van der Waals surface area contributed by atoms with E-state index in [1.54, 1.807) is 17.6 Å². The van der Waals surface area contributed by atoms with E-state index in [1.165, 1.54) is 11.8 Å². The molecule has 130 valence electrons. The SMILES string of the molecule is CCn1nc(C)c(/C=N/NC(=O)CSc2nc3ccccc3s2)c1C. The second-order valence-corrected chi connectivity index (χ2v) is 7.68. The number of para-hydroxylation sites is 1. The van der Waals surface area contributed by atoms with Crippen molar-refractivity contribution in [1.29, 1.82) is 0 Å². The topological polar surface area (TPSA) is 72.2 Å². The number of hydrogen-bond donors (Lipinski definition) is 1. The van der Waals surface area contributed by atoms with Crippen molar-refractivity contribution in [3.8, 4) is 0 Å². The lowest BCUT2D eigenvalue weighted by molar-refractivity contribution is -0.118. The number of carbonyl (C=O) groups excluding carboxylic acids is 1. The van der Waals surface area contributed by atoms with Crippen LogP contribution < -0.4 is 5.43 Å². The number of thiazole rings is 1. The number of aryl methyl sites for hydroxylation is 2. The fourth-order valence-corrected chi connectivity index (χ4v) is 4.31. The molecule has 0 aliphatic rings. The molecule has 0 aliphatic heterocycles. The molecule has 1 aromatic carbocycles. The first-order valence-electron chi connectivity index (χ1n) is 7.92. The summed E-state index contributed by atoms with van der Waals surface area (Å²) in [5.41, 5.74) is 6.42. The quantitative estimate of drug-likeness (QED) is 0.408. The zero-order chi connectivity index (χ0) is 17.8. The highest BCUT2D eigenvalue weighted by molar-refractivity contribution is 8.01. The average molecular weight is 374 g/mol. The van der Waals surface area contributed by atoms with E-state index in [4.69, 9.17) is 0 Å². The lowest BCUT2D eigenvalue weighted by atomic mass is 10.2. The first kappa shape index (κ1) is 17.6. The Kier molecular flexibility index (Phi) is 5.50. The number of nitrogens with zero attached hydrogens (tertiary/aromatic N) is 4. The van der Waals surface area contributed by atoms with Crippen LogP contribution in [0.15, 0.2) is 33.7 Å². The largest absolute Gasteiger partial charge is 0.272 e. The van der Waals surface area contributed by atoms with Crippen LogP contribution in [-0.2, 0) is 11.3 Å². The number of amides is 1. The lowest BCUT2D eigenvalue weighted by Gasteiger charge is -1.99. The van der Waals surface area contributed by atoms with Gasteiger partial charge in [0.05, 0.1) is 27.9 Å². The smallest absolute Gasteiger partial charge is 0.250 e. The van der Waals surface area contributed by atoms with Gasteiger partial charge in [0.1, 0.15) is 0 Å². The zero-order valence-electron chi connectivity index (χ0n) is 14.3. The highest BCUT2D eigenvalue weighted by Crippen LogP contribution is 2.28. The van der Waals surface area contributed by atoms with Crippen LogP contribution in [0, 0.1) is 13.8 Å². The molecule has 0 spiro atoms. The van der Waals surface area contributed by atoms with E-state index in [-0.39, 0.29) is 11.7 Å². The van der Waals surface area contributed by atoms with Crippen LogP contribution in [0.5, 0.6) is 0 Å². The second-order valence-electron chi connectivity index (χ2n) is 5.43. The molecular formula is C17H19N5OS2. The molecule has 6 nitrogen and oxygen atoms in total. The van der Waals surface area contributed by atoms with Crippen LogP contribution in [0.4, 0.5) is 0 Å². The summed E-state index contributed by atoms with van der Waals surface area (Å²) in [7, 11) is 0. The highest BCUT2D eigenvalue weighted by atomic mass is 32.2. The van der Waals surface area contributed by atoms with E-state index in [9.17, 15) is 4.79 Å². The Morgan fingerprint density at radius 3 is 2.92 bits per heavy atom. The minimum atomic E-state index is -0.154. The highest BCUT2D eigenvalue weighted by Gasteiger charge is 2.09. The van der Waals surface area contributed by atoms with Gasteiger partial charge in [0.2, 0.25) is 0 Å². The number of nitrogens with one attached hydrogen (secondary N) is 1. The number of thioether (sulfide) groups is 1. The molecule has 0 radical (unpaired) electrons. The molecule has 3 aromatic rings. The lowest BCUT2D eigenvalue weighted by Crippen LogP contribution is -2.19. The monoisotopic (exact) mass is 373 g/mol. The maximum absolute atomic E-state index is 12.0. The molecule has 0 aliphatic carbocycles. The van der Waals surface area contributed by atoms with Gasteiger partial charge >= 0.3 is 0 Å². The summed E-state index contributed by atoms with van der Waals surface area (Å²) < 4.78 is 3.93. The average Bonchev–Trinajstić information content (AvgIpc) is 3.14. The van der Waals surface area contributed by atoms with Gasteiger partial charge < -0.3 is 0 Å². The molecule has 0 saturated heterocycles. The summed E-state index contributed by atoms with van der Waals surface area (Å²) in [4.78, 5) is 16.5. The van der Waals surface area contributed by atoms with Gasteiger partial charge in [-0.05, 0) is 32.9 Å². The fraction of sp³-hybridized carbons (Fsp3) is 0.294. The summed E-state index contributed by atoms with van der Waals surface area (Å²) >= 11 is 3.01. The van der Waals surface area contributed by atoms with E-state index in [0.717, 1.165) is 38.1 Å². The van der Waals surface area contributed by atoms with Gasteiger partial charge in [-0.1, -0.05) is 23.9 Å². The summed E-state index contributed by atoms with van der Waals surface area (Å²) in [5, 5.41) is 8.48. The molecular weight excluding hydrogens is 354 g/mol. The fourth-order valence-electron chi connectivity index (χ4n) is 2.45. The predicted octanol–water partition coefficient (Wildman–Crippen LogP) is 3.37. The maximum atomic E-state index is 12.0. The second kappa shape index (κ2) is 7.79. The Labute approximate surface area is 154 Å². The van der Waals surface area contributed by atoms with Gasteiger partial charge in [-0.15, -0.1) is 11.3 Å². The molecule has 0 atom stereocenters. The normalized spacial score (nSPS) is 11.5. The van der Waals surface area contributed by atoms with E-state index in [0.29, 0.717) is 0 Å². The molecule has 8 heteroatoms. The summed E-state index contributed by atoms with van der Waals surface area (Å²) in [6.45, 7) is 6.79. The third kappa shape index (κ3) is 4.08. The van der Waals surface area contributed by atoms with E-state index >= 15 is 0 Å². The number of rotatable bonds is 6. The maximum Gasteiger partial charge on any atom is 0.250 e. The van der Waals surface area contributed by atoms with Gasteiger partial charge in [0.25, 0.3) is 5.91 Å². The number of fused-ring (bicyclic) bond motifs is 1. The van der Waals surface area contributed by atoms with Crippen molar-refractivity contribution >= 4 is 45.4 Å². The molecule has 1 N–H and O–H groups in total. The third-order valence-corrected chi connectivity index (χ3v) is 5.90. The van der Waals surface area contributed by atoms with Gasteiger partial charge in [-0.3, -0.25) is 9.48 Å². The van der Waals surface area contributed by atoms with Crippen molar-refractivity contribution in [3.63, 3.8) is 0 Å². The van der Waals surface area contributed by atoms with E-state index in [2.05, 4.69) is 20.6 Å².